The number of nitrogens with zero attached hydrogens (tertiary/aromatic N) is 1. The summed E-state index contributed by atoms with van der Waals surface area (Å²) in [5, 5.41) is 5.10. The van der Waals surface area contributed by atoms with Gasteiger partial charge in [-0.2, -0.15) is 13.2 Å². The predicted molar refractivity (Wildman–Crippen MR) is 91.6 cm³/mol. The van der Waals surface area contributed by atoms with Crippen LogP contribution < -0.4 is 10.6 Å². The molecular weight excluding hydrogens is 371 g/mol. The van der Waals surface area contributed by atoms with Gasteiger partial charge < -0.3 is 15.4 Å². The van der Waals surface area contributed by atoms with Gasteiger partial charge in [-0.3, -0.25) is 4.79 Å². The summed E-state index contributed by atoms with van der Waals surface area (Å²) in [7, 11) is 0. The van der Waals surface area contributed by atoms with Gasteiger partial charge in [0.15, 0.2) is 0 Å². The molecule has 3 rings (SSSR count). The molecule has 0 saturated carbocycles. The summed E-state index contributed by atoms with van der Waals surface area (Å²) in [5.74, 6) is 0.0753. The van der Waals surface area contributed by atoms with Crippen molar-refractivity contribution in [2.24, 2.45) is 0 Å². The highest BCUT2D eigenvalue weighted by atomic mass is 35.5. The molecule has 1 unspecified atom stereocenters. The first kappa shape index (κ1) is 18.5. The fourth-order valence-electron chi connectivity index (χ4n) is 2.52. The minimum atomic E-state index is -4.54. The third-order valence-electron chi connectivity index (χ3n) is 3.80. The van der Waals surface area contributed by atoms with E-state index in [2.05, 4.69) is 15.6 Å². The van der Waals surface area contributed by atoms with Crippen molar-refractivity contribution in [1.82, 2.24) is 4.98 Å². The first-order valence-corrected chi connectivity index (χ1v) is 8.23. The molecule has 2 aromatic rings. The highest BCUT2D eigenvalue weighted by molar-refractivity contribution is 6.31. The van der Waals surface area contributed by atoms with Crippen LogP contribution in [0.15, 0.2) is 36.5 Å². The lowest BCUT2D eigenvalue weighted by Gasteiger charge is -2.13. The van der Waals surface area contributed by atoms with Crippen LogP contribution >= 0.6 is 11.6 Å². The number of ether oxygens (including phenoxy) is 1. The molecule has 1 aromatic carbocycles. The number of carbonyl (C=O) groups excluding carboxylic acids is 1. The molecule has 1 atom stereocenters. The number of benzene rings is 1. The first-order valence-electron chi connectivity index (χ1n) is 7.85. The minimum absolute atomic E-state index is 0.222. The summed E-state index contributed by atoms with van der Waals surface area (Å²) in [4.78, 5) is 16.0. The monoisotopic (exact) mass is 385 g/mol. The summed E-state index contributed by atoms with van der Waals surface area (Å²) in [6.45, 7) is 0.565. The van der Waals surface area contributed by atoms with Crippen molar-refractivity contribution in [3.05, 3.63) is 47.1 Å². The number of carbonyl (C=O) groups is 1. The topological polar surface area (TPSA) is 63.2 Å². The van der Waals surface area contributed by atoms with Gasteiger partial charge in [-0.05, 0) is 43.2 Å². The van der Waals surface area contributed by atoms with Gasteiger partial charge in [0, 0.05) is 12.3 Å². The van der Waals surface area contributed by atoms with Crippen LogP contribution in [0.1, 0.15) is 18.4 Å². The summed E-state index contributed by atoms with van der Waals surface area (Å²) in [6.07, 6.45) is -2.08. The Hall–Kier alpha value is -2.32. The van der Waals surface area contributed by atoms with Crippen LogP contribution in [0.4, 0.5) is 30.4 Å². The number of hydrogen-bond acceptors (Lipinski definition) is 4. The maximum absolute atomic E-state index is 12.9. The molecule has 2 heterocycles. The molecule has 1 amide bonds. The highest BCUT2D eigenvalue weighted by Crippen LogP contribution is 2.36. The Balaban J connectivity index is 1.67. The molecule has 1 saturated heterocycles. The van der Waals surface area contributed by atoms with E-state index in [4.69, 9.17) is 16.3 Å². The Morgan fingerprint density at radius 2 is 2.00 bits per heavy atom. The molecular formula is C17H15ClF3N3O2. The van der Waals surface area contributed by atoms with E-state index < -0.39 is 17.8 Å². The van der Waals surface area contributed by atoms with E-state index in [1.54, 1.807) is 12.1 Å². The van der Waals surface area contributed by atoms with Gasteiger partial charge in [0.1, 0.15) is 11.9 Å². The maximum atomic E-state index is 12.9. The Bertz CT molecular complexity index is 791. The molecule has 1 fully saturated rings. The fourth-order valence-corrected chi connectivity index (χ4v) is 2.74. The normalized spacial score (nSPS) is 17.2. The Morgan fingerprint density at radius 3 is 2.62 bits per heavy atom. The van der Waals surface area contributed by atoms with Crippen LogP contribution in [0.25, 0.3) is 0 Å². The van der Waals surface area contributed by atoms with Gasteiger partial charge in [0.25, 0.3) is 5.91 Å². The highest BCUT2D eigenvalue weighted by Gasteiger charge is 2.33. The van der Waals surface area contributed by atoms with Crippen molar-refractivity contribution in [2.75, 3.05) is 17.2 Å². The number of aromatic nitrogens is 1. The number of nitrogens with one attached hydrogen (secondary N) is 2. The second-order valence-corrected chi connectivity index (χ2v) is 6.15. The molecule has 2 N–H and O–H groups in total. The van der Waals surface area contributed by atoms with E-state index in [0.29, 0.717) is 24.5 Å². The number of amides is 1. The quantitative estimate of drug-likeness (QED) is 0.806. The van der Waals surface area contributed by atoms with Crippen LogP contribution in [0.5, 0.6) is 0 Å². The summed E-state index contributed by atoms with van der Waals surface area (Å²) in [6, 6.07) is 6.69. The molecule has 26 heavy (non-hydrogen) atoms. The molecule has 1 aliphatic rings. The second-order valence-electron chi connectivity index (χ2n) is 5.74. The van der Waals surface area contributed by atoms with Gasteiger partial charge in [0.2, 0.25) is 0 Å². The smallest absolute Gasteiger partial charge is 0.368 e. The van der Waals surface area contributed by atoms with Gasteiger partial charge in [-0.25, -0.2) is 4.98 Å². The van der Waals surface area contributed by atoms with Gasteiger partial charge in [-0.1, -0.05) is 11.6 Å². The number of anilines is 3. The van der Waals surface area contributed by atoms with Crippen LogP contribution in [-0.2, 0) is 15.7 Å². The van der Waals surface area contributed by atoms with E-state index in [0.717, 1.165) is 12.5 Å². The molecule has 5 nitrogen and oxygen atoms in total. The average molecular weight is 386 g/mol. The number of alkyl halides is 3. The molecule has 138 valence electrons. The van der Waals surface area contributed by atoms with Crippen LogP contribution in [0.3, 0.4) is 0 Å². The number of pyridine rings is 1. The van der Waals surface area contributed by atoms with Crippen LogP contribution in [-0.4, -0.2) is 23.6 Å². The summed E-state index contributed by atoms with van der Waals surface area (Å²) in [5.41, 5.74) is -0.229. The number of rotatable bonds is 4. The predicted octanol–water partition coefficient (Wildman–Crippen LogP) is 4.61. The van der Waals surface area contributed by atoms with E-state index in [9.17, 15) is 18.0 Å². The van der Waals surface area contributed by atoms with Crippen molar-refractivity contribution in [2.45, 2.75) is 25.1 Å². The Morgan fingerprint density at radius 1 is 1.23 bits per heavy atom. The van der Waals surface area contributed by atoms with Crippen molar-refractivity contribution >= 4 is 34.7 Å². The average Bonchev–Trinajstić information content (AvgIpc) is 3.12. The van der Waals surface area contributed by atoms with Gasteiger partial charge in [-0.15, -0.1) is 0 Å². The van der Waals surface area contributed by atoms with Crippen molar-refractivity contribution in [3.63, 3.8) is 0 Å². The zero-order valence-electron chi connectivity index (χ0n) is 13.4. The van der Waals surface area contributed by atoms with Crippen LogP contribution in [0, 0.1) is 0 Å². The van der Waals surface area contributed by atoms with E-state index in [1.165, 1.54) is 18.3 Å². The fraction of sp³-hybridized carbons (Fsp3) is 0.294. The van der Waals surface area contributed by atoms with Gasteiger partial charge >= 0.3 is 6.18 Å². The van der Waals surface area contributed by atoms with E-state index in [-0.39, 0.29) is 16.6 Å². The molecule has 0 spiro atoms. The second kappa shape index (κ2) is 7.51. The third-order valence-corrected chi connectivity index (χ3v) is 4.13. The van der Waals surface area contributed by atoms with Crippen molar-refractivity contribution in [1.29, 1.82) is 0 Å². The van der Waals surface area contributed by atoms with Crippen LogP contribution in [0.2, 0.25) is 5.02 Å². The lowest BCUT2D eigenvalue weighted by atomic mass is 10.2. The molecule has 0 aliphatic carbocycles. The standard InChI is InChI=1S/C17H15ClF3N3O2/c18-13-5-3-10(8-12(13)17(19,20)21)23-11-4-6-15(22-9-11)24-16(25)14-2-1-7-26-14/h3-6,8-9,14,23H,1-2,7H2,(H,22,24,25). The lowest BCUT2D eigenvalue weighted by molar-refractivity contribution is -0.137. The zero-order valence-corrected chi connectivity index (χ0v) is 14.2. The minimum Gasteiger partial charge on any atom is -0.368 e. The molecule has 1 aliphatic heterocycles. The number of halogens is 4. The van der Waals surface area contributed by atoms with E-state index >= 15 is 0 Å². The molecule has 0 radical (unpaired) electrons. The van der Waals surface area contributed by atoms with E-state index in [1.807, 2.05) is 0 Å². The summed E-state index contributed by atoms with van der Waals surface area (Å²) >= 11 is 5.60. The van der Waals surface area contributed by atoms with Crippen molar-refractivity contribution in [3.8, 4) is 0 Å². The number of hydrogen-bond donors (Lipinski definition) is 2. The maximum Gasteiger partial charge on any atom is 0.417 e. The molecule has 1 aromatic heterocycles. The SMILES string of the molecule is O=C(Nc1ccc(Nc2ccc(Cl)c(C(F)(F)F)c2)cn1)C1CCCO1. The lowest BCUT2D eigenvalue weighted by Crippen LogP contribution is -2.27. The largest absolute Gasteiger partial charge is 0.417 e. The molecule has 0 bridgehead atoms. The Kier molecular flexibility index (Phi) is 5.33. The van der Waals surface area contributed by atoms with Gasteiger partial charge in [0.05, 0.1) is 22.5 Å². The molecule has 9 heteroatoms. The third kappa shape index (κ3) is 4.44. The first-order chi connectivity index (χ1) is 12.3. The zero-order chi connectivity index (χ0) is 18.7. The van der Waals surface area contributed by atoms with Crippen molar-refractivity contribution < 1.29 is 22.7 Å². The summed E-state index contributed by atoms with van der Waals surface area (Å²) < 4.78 is 44.0. The Labute approximate surface area is 152 Å².